The first-order valence-electron chi connectivity index (χ1n) is 7.01. The second-order valence-corrected chi connectivity index (χ2v) is 8.24. The average molecular weight is 315 g/mol. The van der Waals surface area contributed by atoms with Gasteiger partial charge in [0.2, 0.25) is 0 Å². The van der Waals surface area contributed by atoms with Gasteiger partial charge >= 0.3 is 0 Å². The van der Waals surface area contributed by atoms with Crippen molar-refractivity contribution in [2.24, 2.45) is 0 Å². The Morgan fingerprint density at radius 3 is 2.60 bits per heavy atom. The molecule has 0 aromatic heterocycles. The monoisotopic (exact) mass is 314 g/mol. The molecule has 0 radical (unpaired) electrons. The predicted octanol–water partition coefficient (Wildman–Crippen LogP) is 1.83. The van der Waals surface area contributed by atoms with Crippen molar-refractivity contribution in [1.29, 1.82) is 0 Å². The third-order valence-corrected chi connectivity index (χ3v) is 5.89. The molecule has 0 atom stereocenters. The standard InChI is InChI=1S/C14H19ClN2O2S/c15-13-2-1-3-14(12(13)10-16-11-4-5-11)17-6-8-20(18,19)9-7-17/h1-3,11,16H,4-10H2. The molecule has 0 amide bonds. The van der Waals surface area contributed by atoms with Gasteiger partial charge in [-0.25, -0.2) is 8.42 Å². The highest BCUT2D eigenvalue weighted by molar-refractivity contribution is 7.91. The lowest BCUT2D eigenvalue weighted by Crippen LogP contribution is -2.41. The van der Waals surface area contributed by atoms with Crippen molar-refractivity contribution < 1.29 is 8.42 Å². The van der Waals surface area contributed by atoms with E-state index in [9.17, 15) is 8.42 Å². The number of hydrogen-bond acceptors (Lipinski definition) is 4. The molecule has 1 aromatic rings. The van der Waals surface area contributed by atoms with E-state index in [0.717, 1.165) is 22.8 Å². The van der Waals surface area contributed by atoms with Crippen molar-refractivity contribution in [3.05, 3.63) is 28.8 Å². The highest BCUT2D eigenvalue weighted by atomic mass is 35.5. The van der Waals surface area contributed by atoms with Gasteiger partial charge in [0.1, 0.15) is 0 Å². The summed E-state index contributed by atoms with van der Waals surface area (Å²) in [6.45, 7) is 1.86. The molecule has 6 heteroatoms. The first kappa shape index (κ1) is 14.2. The smallest absolute Gasteiger partial charge is 0.153 e. The van der Waals surface area contributed by atoms with Crippen LogP contribution in [0.25, 0.3) is 0 Å². The Labute approximate surface area is 125 Å². The lowest BCUT2D eigenvalue weighted by Gasteiger charge is -2.31. The average Bonchev–Trinajstić information content (AvgIpc) is 3.21. The van der Waals surface area contributed by atoms with Gasteiger partial charge in [0.15, 0.2) is 9.84 Å². The fourth-order valence-corrected chi connectivity index (χ4v) is 3.94. The number of nitrogens with zero attached hydrogens (tertiary/aromatic N) is 1. The second kappa shape index (κ2) is 5.54. The van der Waals surface area contributed by atoms with Crippen LogP contribution in [0.4, 0.5) is 5.69 Å². The molecule has 1 heterocycles. The fraction of sp³-hybridized carbons (Fsp3) is 0.571. The van der Waals surface area contributed by atoms with Gasteiger partial charge < -0.3 is 10.2 Å². The maximum absolute atomic E-state index is 11.5. The molecule has 3 rings (SSSR count). The van der Waals surface area contributed by atoms with Gasteiger partial charge in [0, 0.05) is 41.9 Å². The summed E-state index contributed by atoms with van der Waals surface area (Å²) in [5, 5.41) is 4.23. The molecule has 0 unspecified atom stereocenters. The summed E-state index contributed by atoms with van der Waals surface area (Å²) < 4.78 is 23.1. The van der Waals surface area contributed by atoms with Crippen molar-refractivity contribution in [2.75, 3.05) is 29.5 Å². The summed E-state index contributed by atoms with van der Waals surface area (Å²) >= 11 is 6.32. The van der Waals surface area contributed by atoms with Crippen molar-refractivity contribution in [3.63, 3.8) is 0 Å². The Balaban J connectivity index is 1.79. The Morgan fingerprint density at radius 1 is 1.25 bits per heavy atom. The molecule has 20 heavy (non-hydrogen) atoms. The zero-order chi connectivity index (χ0) is 14.2. The minimum Gasteiger partial charge on any atom is -0.369 e. The number of benzene rings is 1. The summed E-state index contributed by atoms with van der Waals surface area (Å²) in [6, 6.07) is 6.49. The first-order valence-corrected chi connectivity index (χ1v) is 9.21. The van der Waals surface area contributed by atoms with Crippen LogP contribution in [0.1, 0.15) is 18.4 Å². The normalized spacial score (nSPS) is 21.9. The number of nitrogens with one attached hydrogen (secondary N) is 1. The van der Waals surface area contributed by atoms with E-state index in [0.29, 0.717) is 19.1 Å². The van der Waals surface area contributed by atoms with Crippen LogP contribution in [0.2, 0.25) is 5.02 Å². The summed E-state index contributed by atoms with van der Waals surface area (Å²) in [5.41, 5.74) is 2.15. The summed E-state index contributed by atoms with van der Waals surface area (Å²) in [5.74, 6) is 0.462. The SMILES string of the molecule is O=S1(=O)CCN(c2cccc(Cl)c2CNC2CC2)CC1. The van der Waals surface area contributed by atoms with Crippen LogP contribution in [0.5, 0.6) is 0 Å². The Kier molecular flexibility index (Phi) is 3.93. The molecule has 2 aliphatic rings. The van der Waals surface area contributed by atoms with Gasteiger partial charge in [-0.15, -0.1) is 0 Å². The molecule has 1 saturated carbocycles. The van der Waals surface area contributed by atoms with E-state index in [1.165, 1.54) is 12.8 Å². The zero-order valence-electron chi connectivity index (χ0n) is 11.3. The van der Waals surface area contributed by atoms with Crippen molar-refractivity contribution >= 4 is 27.1 Å². The third-order valence-electron chi connectivity index (χ3n) is 3.92. The summed E-state index contributed by atoms with van der Waals surface area (Å²) in [7, 11) is -2.85. The molecular formula is C14H19ClN2O2S. The van der Waals surface area contributed by atoms with Gasteiger partial charge in [-0.05, 0) is 25.0 Å². The van der Waals surface area contributed by atoms with Gasteiger partial charge in [-0.1, -0.05) is 17.7 Å². The number of halogens is 1. The van der Waals surface area contributed by atoms with E-state index in [1.807, 2.05) is 18.2 Å². The summed E-state index contributed by atoms with van der Waals surface area (Å²) in [4.78, 5) is 2.14. The number of anilines is 1. The van der Waals surface area contributed by atoms with E-state index in [1.54, 1.807) is 0 Å². The first-order chi connectivity index (χ1) is 9.55. The van der Waals surface area contributed by atoms with Crippen LogP contribution in [0.15, 0.2) is 18.2 Å². The van der Waals surface area contributed by atoms with Crippen LogP contribution in [0, 0.1) is 0 Å². The quantitative estimate of drug-likeness (QED) is 0.921. The molecule has 4 nitrogen and oxygen atoms in total. The van der Waals surface area contributed by atoms with Crippen molar-refractivity contribution in [1.82, 2.24) is 5.32 Å². The molecule has 2 fully saturated rings. The molecule has 1 N–H and O–H groups in total. The van der Waals surface area contributed by atoms with Crippen LogP contribution in [-0.2, 0) is 16.4 Å². The Morgan fingerprint density at radius 2 is 1.95 bits per heavy atom. The highest BCUT2D eigenvalue weighted by Crippen LogP contribution is 2.30. The van der Waals surface area contributed by atoms with Gasteiger partial charge in [0.05, 0.1) is 11.5 Å². The largest absolute Gasteiger partial charge is 0.369 e. The van der Waals surface area contributed by atoms with Gasteiger partial charge in [-0.2, -0.15) is 0 Å². The molecule has 0 bridgehead atoms. The maximum Gasteiger partial charge on any atom is 0.153 e. The van der Waals surface area contributed by atoms with E-state index < -0.39 is 9.84 Å². The summed E-state index contributed by atoms with van der Waals surface area (Å²) in [6.07, 6.45) is 2.48. The molecular weight excluding hydrogens is 296 g/mol. The number of sulfone groups is 1. The minimum atomic E-state index is -2.85. The molecule has 1 aliphatic carbocycles. The third kappa shape index (κ3) is 3.27. The van der Waals surface area contributed by atoms with Gasteiger partial charge in [-0.3, -0.25) is 0 Å². The number of hydrogen-bond donors (Lipinski definition) is 1. The fourth-order valence-electron chi connectivity index (χ4n) is 2.51. The lowest BCUT2D eigenvalue weighted by atomic mass is 10.1. The van der Waals surface area contributed by atoms with Crippen molar-refractivity contribution in [2.45, 2.75) is 25.4 Å². The van der Waals surface area contributed by atoms with Crippen LogP contribution >= 0.6 is 11.6 Å². The molecule has 1 saturated heterocycles. The molecule has 0 spiro atoms. The highest BCUT2D eigenvalue weighted by Gasteiger charge is 2.25. The molecule has 1 aliphatic heterocycles. The van der Waals surface area contributed by atoms with Gasteiger partial charge in [0.25, 0.3) is 0 Å². The van der Waals surface area contributed by atoms with E-state index in [-0.39, 0.29) is 11.5 Å². The van der Waals surface area contributed by atoms with Crippen molar-refractivity contribution in [3.8, 4) is 0 Å². The van der Waals surface area contributed by atoms with Crippen LogP contribution < -0.4 is 10.2 Å². The molecule has 110 valence electrons. The second-order valence-electron chi connectivity index (χ2n) is 5.53. The van der Waals surface area contributed by atoms with E-state index >= 15 is 0 Å². The maximum atomic E-state index is 11.5. The number of rotatable bonds is 4. The Bertz CT molecular complexity index is 585. The zero-order valence-corrected chi connectivity index (χ0v) is 12.9. The van der Waals surface area contributed by atoms with E-state index in [2.05, 4.69) is 10.2 Å². The van der Waals surface area contributed by atoms with E-state index in [4.69, 9.17) is 11.6 Å². The predicted molar refractivity (Wildman–Crippen MR) is 82.2 cm³/mol. The lowest BCUT2D eigenvalue weighted by molar-refractivity contribution is 0.586. The Hall–Kier alpha value is -0.780. The van der Waals surface area contributed by atoms with Crippen LogP contribution in [-0.4, -0.2) is 39.1 Å². The molecule has 1 aromatic carbocycles. The van der Waals surface area contributed by atoms with Crippen LogP contribution in [0.3, 0.4) is 0 Å². The minimum absolute atomic E-state index is 0.231. The topological polar surface area (TPSA) is 49.4 Å².